The molecule has 1 aliphatic carbocycles. The van der Waals surface area contributed by atoms with Crippen molar-refractivity contribution in [3.63, 3.8) is 0 Å². The molecule has 1 aliphatic heterocycles. The summed E-state index contributed by atoms with van der Waals surface area (Å²) in [7, 11) is -3.49. The van der Waals surface area contributed by atoms with Crippen LogP contribution in [-0.4, -0.2) is 36.5 Å². The maximum Gasteiger partial charge on any atom is 0.243 e. The van der Waals surface area contributed by atoms with Crippen LogP contribution in [0.4, 0.5) is 0 Å². The molecular formula is C14H18ClNO3S. The minimum Gasteiger partial charge on any atom is -0.393 e. The Balaban J connectivity index is 1.90. The minimum absolute atomic E-state index is 0.0561. The molecule has 1 saturated heterocycles. The quantitative estimate of drug-likeness (QED) is 0.931. The van der Waals surface area contributed by atoms with Crippen molar-refractivity contribution >= 4 is 21.6 Å². The molecule has 1 aromatic carbocycles. The van der Waals surface area contributed by atoms with Crippen molar-refractivity contribution in [2.75, 3.05) is 6.54 Å². The van der Waals surface area contributed by atoms with Crippen molar-refractivity contribution in [1.82, 2.24) is 4.31 Å². The second-order valence-electron chi connectivity index (χ2n) is 5.65. The molecule has 0 spiro atoms. The zero-order valence-electron chi connectivity index (χ0n) is 11.1. The molecule has 1 saturated carbocycles. The van der Waals surface area contributed by atoms with E-state index in [1.807, 2.05) is 0 Å². The summed E-state index contributed by atoms with van der Waals surface area (Å²) in [6, 6.07) is 6.23. The molecule has 2 fully saturated rings. The van der Waals surface area contributed by atoms with E-state index in [4.69, 9.17) is 11.6 Å². The molecule has 6 heteroatoms. The van der Waals surface area contributed by atoms with Crippen LogP contribution in [0.1, 0.15) is 25.7 Å². The molecule has 0 bridgehead atoms. The summed E-state index contributed by atoms with van der Waals surface area (Å²) in [5, 5.41) is 10.3. The number of halogens is 1. The summed E-state index contributed by atoms with van der Waals surface area (Å²) in [5.41, 5.74) is 0. The van der Waals surface area contributed by atoms with Crippen molar-refractivity contribution in [2.24, 2.45) is 5.92 Å². The minimum atomic E-state index is -3.49. The lowest BCUT2D eigenvalue weighted by molar-refractivity contribution is 0.0736. The molecule has 2 aliphatic rings. The zero-order valence-corrected chi connectivity index (χ0v) is 12.6. The third kappa shape index (κ3) is 2.72. The summed E-state index contributed by atoms with van der Waals surface area (Å²) in [6.45, 7) is 0.396. The molecule has 110 valence electrons. The van der Waals surface area contributed by atoms with Gasteiger partial charge in [-0.05, 0) is 55.9 Å². The Hall–Kier alpha value is -0.620. The van der Waals surface area contributed by atoms with Gasteiger partial charge in [-0.15, -0.1) is 0 Å². The molecule has 4 nitrogen and oxygen atoms in total. The number of hydrogen-bond donors (Lipinski definition) is 1. The Kier molecular flexibility index (Phi) is 3.79. The highest BCUT2D eigenvalue weighted by atomic mass is 35.5. The first-order chi connectivity index (χ1) is 9.48. The lowest BCUT2D eigenvalue weighted by Crippen LogP contribution is -2.48. The number of aliphatic hydroxyl groups is 1. The first-order valence-electron chi connectivity index (χ1n) is 6.94. The van der Waals surface area contributed by atoms with E-state index in [0.29, 0.717) is 30.3 Å². The monoisotopic (exact) mass is 315 g/mol. The topological polar surface area (TPSA) is 57.6 Å². The van der Waals surface area contributed by atoms with Gasteiger partial charge in [-0.25, -0.2) is 8.42 Å². The Morgan fingerprint density at radius 2 is 1.80 bits per heavy atom. The average molecular weight is 316 g/mol. The highest BCUT2D eigenvalue weighted by Crippen LogP contribution is 2.41. The molecule has 1 heterocycles. The van der Waals surface area contributed by atoms with Gasteiger partial charge in [0.2, 0.25) is 10.0 Å². The normalized spacial score (nSPS) is 28.5. The van der Waals surface area contributed by atoms with Crippen LogP contribution >= 0.6 is 11.6 Å². The lowest BCUT2D eigenvalue weighted by Gasteiger charge is -2.37. The van der Waals surface area contributed by atoms with Gasteiger partial charge in [-0.2, -0.15) is 4.31 Å². The van der Waals surface area contributed by atoms with Gasteiger partial charge in [0.25, 0.3) is 0 Å². The Morgan fingerprint density at radius 3 is 2.40 bits per heavy atom. The Bertz CT molecular complexity index is 583. The van der Waals surface area contributed by atoms with Crippen LogP contribution in [0, 0.1) is 5.92 Å². The largest absolute Gasteiger partial charge is 0.393 e. The highest BCUT2D eigenvalue weighted by molar-refractivity contribution is 7.89. The van der Waals surface area contributed by atoms with E-state index >= 15 is 0 Å². The molecule has 0 aromatic heterocycles. The van der Waals surface area contributed by atoms with Crippen LogP contribution in [0.25, 0.3) is 0 Å². The van der Waals surface area contributed by atoms with E-state index in [-0.39, 0.29) is 17.0 Å². The number of nitrogens with zero attached hydrogens (tertiary/aromatic N) is 1. The standard InChI is InChI=1S/C14H18ClNO3S/c15-11-3-5-13(6-4-11)20(18,19)16-8-7-12(17)9-14(16)10-1-2-10/h3-6,10,12,14,17H,1-2,7-9H2/t12-,14+/m0/s1. The fourth-order valence-corrected chi connectivity index (χ4v) is 4.74. The number of piperidine rings is 1. The fraction of sp³-hybridized carbons (Fsp3) is 0.571. The molecule has 1 aromatic rings. The summed E-state index contributed by atoms with van der Waals surface area (Å²) in [5.74, 6) is 0.409. The van der Waals surface area contributed by atoms with Crippen LogP contribution in [0.15, 0.2) is 29.2 Å². The third-order valence-electron chi connectivity index (χ3n) is 4.15. The number of hydrogen-bond acceptors (Lipinski definition) is 3. The van der Waals surface area contributed by atoms with Gasteiger partial charge >= 0.3 is 0 Å². The molecular weight excluding hydrogens is 298 g/mol. The van der Waals surface area contributed by atoms with Gasteiger partial charge in [0.15, 0.2) is 0 Å². The highest BCUT2D eigenvalue weighted by Gasteiger charge is 2.44. The molecule has 0 radical (unpaired) electrons. The number of rotatable bonds is 3. The van der Waals surface area contributed by atoms with Gasteiger partial charge in [0, 0.05) is 17.6 Å². The van der Waals surface area contributed by atoms with Crippen LogP contribution in [-0.2, 0) is 10.0 Å². The van der Waals surface area contributed by atoms with E-state index in [1.54, 1.807) is 28.6 Å². The zero-order chi connectivity index (χ0) is 14.3. The lowest BCUT2D eigenvalue weighted by atomic mass is 9.98. The van der Waals surface area contributed by atoms with E-state index in [2.05, 4.69) is 0 Å². The van der Waals surface area contributed by atoms with Gasteiger partial charge in [0.05, 0.1) is 11.0 Å². The Morgan fingerprint density at radius 1 is 1.15 bits per heavy atom. The van der Waals surface area contributed by atoms with Crippen molar-refractivity contribution in [2.45, 2.75) is 42.7 Å². The van der Waals surface area contributed by atoms with Crippen molar-refractivity contribution in [3.8, 4) is 0 Å². The molecule has 20 heavy (non-hydrogen) atoms. The second-order valence-corrected chi connectivity index (χ2v) is 7.98. The smallest absolute Gasteiger partial charge is 0.243 e. The second kappa shape index (κ2) is 5.30. The van der Waals surface area contributed by atoms with Crippen molar-refractivity contribution in [1.29, 1.82) is 0 Å². The van der Waals surface area contributed by atoms with Gasteiger partial charge in [0.1, 0.15) is 0 Å². The predicted molar refractivity (Wildman–Crippen MR) is 77.1 cm³/mol. The van der Waals surface area contributed by atoms with Crippen LogP contribution in [0.5, 0.6) is 0 Å². The van der Waals surface area contributed by atoms with Gasteiger partial charge in [-0.1, -0.05) is 11.6 Å². The number of aliphatic hydroxyl groups excluding tert-OH is 1. The molecule has 2 atom stereocenters. The first kappa shape index (κ1) is 14.3. The van der Waals surface area contributed by atoms with E-state index in [0.717, 1.165) is 12.8 Å². The first-order valence-corrected chi connectivity index (χ1v) is 8.76. The average Bonchev–Trinajstić information content (AvgIpc) is 3.23. The van der Waals surface area contributed by atoms with E-state index in [1.165, 1.54) is 0 Å². The summed E-state index contributed by atoms with van der Waals surface area (Å²) >= 11 is 5.81. The molecule has 0 amide bonds. The van der Waals surface area contributed by atoms with Crippen LogP contribution < -0.4 is 0 Å². The van der Waals surface area contributed by atoms with Crippen LogP contribution in [0.2, 0.25) is 5.02 Å². The van der Waals surface area contributed by atoms with Crippen molar-refractivity contribution < 1.29 is 13.5 Å². The molecule has 3 rings (SSSR count). The van der Waals surface area contributed by atoms with E-state index in [9.17, 15) is 13.5 Å². The number of sulfonamides is 1. The van der Waals surface area contributed by atoms with E-state index < -0.39 is 10.0 Å². The fourth-order valence-electron chi connectivity index (χ4n) is 2.91. The Labute approximate surface area is 124 Å². The summed E-state index contributed by atoms with van der Waals surface area (Å²) in [6.07, 6.45) is 2.80. The third-order valence-corrected chi connectivity index (χ3v) is 6.34. The predicted octanol–water partition coefficient (Wildman–Crippen LogP) is 2.26. The molecule has 0 unspecified atom stereocenters. The van der Waals surface area contributed by atoms with Gasteiger partial charge < -0.3 is 5.11 Å². The summed E-state index contributed by atoms with van der Waals surface area (Å²) in [4.78, 5) is 0.281. The number of benzene rings is 1. The van der Waals surface area contributed by atoms with Crippen LogP contribution in [0.3, 0.4) is 0 Å². The molecule has 1 N–H and O–H groups in total. The van der Waals surface area contributed by atoms with Gasteiger partial charge in [-0.3, -0.25) is 0 Å². The SMILES string of the molecule is O=S(=O)(c1ccc(Cl)cc1)N1CC[C@H](O)C[C@@H]1C1CC1. The summed E-state index contributed by atoms with van der Waals surface area (Å²) < 4.78 is 27.1. The maximum absolute atomic E-state index is 12.7. The maximum atomic E-state index is 12.7. The van der Waals surface area contributed by atoms with Crippen molar-refractivity contribution in [3.05, 3.63) is 29.3 Å².